The summed E-state index contributed by atoms with van der Waals surface area (Å²) in [5.74, 6) is -0.417. The summed E-state index contributed by atoms with van der Waals surface area (Å²) in [6.07, 6.45) is 0.978. The van der Waals surface area contributed by atoms with Gasteiger partial charge in [-0.15, -0.1) is 0 Å². The number of hydrazine groups is 2. The lowest BCUT2D eigenvalue weighted by molar-refractivity contribution is -0.130. The van der Waals surface area contributed by atoms with Crippen molar-refractivity contribution < 1.29 is 9.59 Å². The molecule has 4 rings (SSSR count). The van der Waals surface area contributed by atoms with Gasteiger partial charge in [-0.05, 0) is 24.1 Å². The van der Waals surface area contributed by atoms with Crippen LogP contribution in [-0.2, 0) is 9.59 Å². The Kier molecular flexibility index (Phi) is 7.14. The average molecular weight is 423 g/mol. The SMILES string of the molecule is O=C(CCN1CCN(c2ccccc2)CC1)NNC(=O)C1CC(c2ccccc2)NN1. The standard InChI is InChI=1S/C23H30N6O2/c30-22(11-12-28-13-15-29(16-14-28)19-9-5-2-6-10-19)26-27-23(31)21-17-20(24-25-21)18-7-3-1-4-8-18/h1-10,20-21,24-25H,11-17H2,(H,26,30)(H,27,31). The maximum Gasteiger partial charge on any atom is 0.256 e. The van der Waals surface area contributed by atoms with Crippen LogP contribution in [0.5, 0.6) is 0 Å². The number of carbonyl (C=O) groups excluding carboxylic acids is 2. The molecule has 0 saturated carbocycles. The summed E-state index contributed by atoms with van der Waals surface area (Å²) in [6, 6.07) is 20.1. The van der Waals surface area contributed by atoms with E-state index in [2.05, 4.69) is 55.8 Å². The summed E-state index contributed by atoms with van der Waals surface area (Å²) in [5.41, 5.74) is 13.6. The largest absolute Gasteiger partial charge is 0.369 e. The fourth-order valence-corrected chi connectivity index (χ4v) is 4.04. The van der Waals surface area contributed by atoms with Crippen LogP contribution in [0, 0.1) is 0 Å². The molecule has 2 aromatic rings. The summed E-state index contributed by atoms with van der Waals surface area (Å²) in [7, 11) is 0. The topological polar surface area (TPSA) is 88.7 Å². The molecule has 31 heavy (non-hydrogen) atoms. The van der Waals surface area contributed by atoms with Crippen LogP contribution in [-0.4, -0.2) is 55.5 Å². The predicted molar refractivity (Wildman–Crippen MR) is 120 cm³/mol. The average Bonchev–Trinajstić information content (AvgIpc) is 3.33. The predicted octanol–water partition coefficient (Wildman–Crippen LogP) is 0.954. The van der Waals surface area contributed by atoms with E-state index in [1.54, 1.807) is 0 Å². The molecule has 0 bridgehead atoms. The fraction of sp³-hybridized carbons (Fsp3) is 0.391. The second kappa shape index (κ2) is 10.4. The Morgan fingerprint density at radius 3 is 2.26 bits per heavy atom. The van der Waals surface area contributed by atoms with Crippen LogP contribution in [0.25, 0.3) is 0 Å². The Hall–Kier alpha value is -2.94. The van der Waals surface area contributed by atoms with Crippen molar-refractivity contribution in [3.8, 4) is 0 Å². The monoisotopic (exact) mass is 422 g/mol. The Balaban J connectivity index is 1.12. The van der Waals surface area contributed by atoms with Gasteiger partial charge in [-0.3, -0.25) is 25.3 Å². The zero-order valence-electron chi connectivity index (χ0n) is 17.6. The zero-order valence-corrected chi connectivity index (χ0v) is 17.6. The van der Waals surface area contributed by atoms with Crippen molar-refractivity contribution in [1.29, 1.82) is 0 Å². The van der Waals surface area contributed by atoms with Crippen molar-refractivity contribution in [1.82, 2.24) is 26.6 Å². The summed E-state index contributed by atoms with van der Waals surface area (Å²) >= 11 is 0. The molecule has 2 aliphatic rings. The summed E-state index contributed by atoms with van der Waals surface area (Å²) in [5, 5.41) is 0. The van der Waals surface area contributed by atoms with Crippen LogP contribution in [0.3, 0.4) is 0 Å². The molecular weight excluding hydrogens is 392 g/mol. The third-order valence-electron chi connectivity index (χ3n) is 5.90. The normalized spacial score (nSPS) is 21.6. The quantitative estimate of drug-likeness (QED) is 0.519. The van der Waals surface area contributed by atoms with Crippen molar-refractivity contribution >= 4 is 17.5 Å². The van der Waals surface area contributed by atoms with Crippen LogP contribution >= 0.6 is 0 Å². The van der Waals surface area contributed by atoms with Crippen molar-refractivity contribution in [3.63, 3.8) is 0 Å². The Bertz CT molecular complexity index is 855. The van der Waals surface area contributed by atoms with Gasteiger partial charge < -0.3 is 4.90 Å². The van der Waals surface area contributed by atoms with Gasteiger partial charge in [0.15, 0.2) is 0 Å². The minimum Gasteiger partial charge on any atom is -0.369 e. The van der Waals surface area contributed by atoms with Crippen molar-refractivity contribution in [3.05, 3.63) is 66.2 Å². The van der Waals surface area contributed by atoms with Gasteiger partial charge in [-0.2, -0.15) is 0 Å². The second-order valence-corrected chi connectivity index (χ2v) is 7.99. The Morgan fingerprint density at radius 2 is 1.55 bits per heavy atom. The van der Waals surface area contributed by atoms with Gasteiger partial charge in [-0.25, -0.2) is 10.9 Å². The first-order valence-corrected chi connectivity index (χ1v) is 10.9. The summed E-state index contributed by atoms with van der Waals surface area (Å²) in [6.45, 7) is 4.43. The maximum atomic E-state index is 12.4. The van der Waals surface area contributed by atoms with E-state index in [9.17, 15) is 9.59 Å². The van der Waals surface area contributed by atoms with E-state index in [1.807, 2.05) is 36.4 Å². The van der Waals surface area contributed by atoms with Gasteiger partial charge in [0.2, 0.25) is 5.91 Å². The molecule has 2 aromatic carbocycles. The number of para-hydroxylation sites is 1. The molecule has 2 unspecified atom stereocenters. The van der Waals surface area contributed by atoms with E-state index >= 15 is 0 Å². The summed E-state index contributed by atoms with van der Waals surface area (Å²) in [4.78, 5) is 29.2. The third kappa shape index (κ3) is 5.81. The lowest BCUT2D eigenvalue weighted by Crippen LogP contribution is -2.51. The molecule has 2 fully saturated rings. The first kappa shape index (κ1) is 21.3. The molecule has 2 saturated heterocycles. The van der Waals surface area contributed by atoms with Crippen molar-refractivity contribution in [2.45, 2.75) is 24.9 Å². The molecule has 8 heteroatoms. The van der Waals surface area contributed by atoms with Crippen LogP contribution in [0.2, 0.25) is 0 Å². The van der Waals surface area contributed by atoms with Crippen LogP contribution < -0.4 is 26.6 Å². The number of carbonyl (C=O) groups is 2. The summed E-state index contributed by atoms with van der Waals surface area (Å²) < 4.78 is 0. The Labute approximate surface area is 182 Å². The molecule has 164 valence electrons. The zero-order chi connectivity index (χ0) is 21.5. The number of nitrogens with one attached hydrogen (secondary N) is 4. The van der Waals surface area contributed by atoms with E-state index in [0.29, 0.717) is 19.4 Å². The smallest absolute Gasteiger partial charge is 0.256 e. The molecule has 2 heterocycles. The van der Waals surface area contributed by atoms with E-state index in [4.69, 9.17) is 0 Å². The first-order chi connectivity index (χ1) is 15.2. The van der Waals surface area contributed by atoms with Gasteiger partial charge in [-0.1, -0.05) is 48.5 Å². The molecule has 2 aliphatic heterocycles. The first-order valence-electron chi connectivity index (χ1n) is 10.9. The number of hydrogen-bond donors (Lipinski definition) is 4. The molecule has 2 amide bonds. The lowest BCUT2D eigenvalue weighted by Gasteiger charge is -2.36. The van der Waals surface area contributed by atoms with E-state index < -0.39 is 6.04 Å². The van der Waals surface area contributed by atoms with E-state index in [1.165, 1.54) is 5.69 Å². The fourth-order valence-electron chi connectivity index (χ4n) is 4.04. The second-order valence-electron chi connectivity index (χ2n) is 7.99. The molecular formula is C23H30N6O2. The number of anilines is 1. The molecule has 2 atom stereocenters. The number of benzene rings is 2. The van der Waals surface area contributed by atoms with E-state index in [-0.39, 0.29) is 17.9 Å². The highest BCUT2D eigenvalue weighted by Crippen LogP contribution is 2.21. The minimum absolute atomic E-state index is 0.0715. The number of nitrogens with zero attached hydrogens (tertiary/aromatic N) is 2. The lowest BCUT2D eigenvalue weighted by atomic mass is 10.0. The van der Waals surface area contributed by atoms with Crippen LogP contribution in [0.15, 0.2) is 60.7 Å². The van der Waals surface area contributed by atoms with Gasteiger partial charge in [0.05, 0.1) is 0 Å². The van der Waals surface area contributed by atoms with Gasteiger partial charge in [0.25, 0.3) is 5.91 Å². The maximum absolute atomic E-state index is 12.4. The highest BCUT2D eigenvalue weighted by molar-refractivity contribution is 5.85. The molecule has 0 aliphatic carbocycles. The molecule has 0 radical (unpaired) electrons. The van der Waals surface area contributed by atoms with Crippen molar-refractivity contribution in [2.75, 3.05) is 37.6 Å². The van der Waals surface area contributed by atoms with Crippen molar-refractivity contribution in [2.24, 2.45) is 0 Å². The highest BCUT2D eigenvalue weighted by atomic mass is 16.2. The number of piperazine rings is 1. The Morgan fingerprint density at radius 1 is 0.871 bits per heavy atom. The molecule has 8 nitrogen and oxygen atoms in total. The third-order valence-corrected chi connectivity index (χ3v) is 5.90. The van der Waals surface area contributed by atoms with Crippen LogP contribution in [0.4, 0.5) is 5.69 Å². The number of hydrogen-bond acceptors (Lipinski definition) is 6. The molecule has 0 spiro atoms. The van der Waals surface area contributed by atoms with Gasteiger partial charge >= 0.3 is 0 Å². The van der Waals surface area contributed by atoms with Crippen LogP contribution in [0.1, 0.15) is 24.4 Å². The highest BCUT2D eigenvalue weighted by Gasteiger charge is 2.30. The molecule has 0 aromatic heterocycles. The number of amides is 2. The van der Waals surface area contributed by atoms with Gasteiger partial charge in [0.1, 0.15) is 6.04 Å². The minimum atomic E-state index is -0.392. The molecule has 4 N–H and O–H groups in total. The van der Waals surface area contributed by atoms with Gasteiger partial charge in [0, 0.05) is 50.9 Å². The number of rotatable bonds is 6. The van der Waals surface area contributed by atoms with E-state index in [0.717, 1.165) is 31.7 Å².